The molecule has 98 valence electrons. The lowest BCUT2D eigenvalue weighted by Crippen LogP contribution is -2.24. The molecule has 5 nitrogen and oxygen atoms in total. The summed E-state index contributed by atoms with van der Waals surface area (Å²) >= 11 is 0. The molecule has 0 bridgehead atoms. The van der Waals surface area contributed by atoms with Gasteiger partial charge in [0, 0.05) is 12.4 Å². The van der Waals surface area contributed by atoms with Gasteiger partial charge in [-0.05, 0) is 30.3 Å². The highest BCUT2D eigenvalue weighted by atomic mass is 16.1. The van der Waals surface area contributed by atoms with E-state index in [2.05, 4.69) is 15.3 Å². The number of hydrogen-bond donors (Lipinski definition) is 1. The van der Waals surface area contributed by atoms with Gasteiger partial charge in [0.2, 0.25) is 0 Å². The molecule has 0 aromatic carbocycles. The molecule has 20 heavy (non-hydrogen) atoms. The average Bonchev–Trinajstić information content (AvgIpc) is 2.52. The SMILES string of the molecule is N#CC(=Cc1ccccn1)C(=O)NCc1ccccn1. The van der Waals surface area contributed by atoms with Crippen molar-refractivity contribution in [2.24, 2.45) is 0 Å². The van der Waals surface area contributed by atoms with Crippen LogP contribution in [0.15, 0.2) is 54.4 Å². The Morgan fingerprint density at radius 2 is 1.95 bits per heavy atom. The van der Waals surface area contributed by atoms with Crippen LogP contribution in [0.4, 0.5) is 0 Å². The molecule has 2 heterocycles. The highest BCUT2D eigenvalue weighted by molar-refractivity contribution is 6.01. The lowest BCUT2D eigenvalue weighted by Gasteiger charge is -2.03. The third-order valence-electron chi connectivity index (χ3n) is 2.50. The minimum atomic E-state index is -0.441. The summed E-state index contributed by atoms with van der Waals surface area (Å²) in [6.45, 7) is 0.279. The normalized spacial score (nSPS) is 10.7. The summed E-state index contributed by atoms with van der Waals surface area (Å²) in [7, 11) is 0. The Morgan fingerprint density at radius 3 is 2.55 bits per heavy atom. The zero-order chi connectivity index (χ0) is 14.2. The van der Waals surface area contributed by atoms with Crippen molar-refractivity contribution in [3.05, 3.63) is 65.8 Å². The van der Waals surface area contributed by atoms with Crippen LogP contribution < -0.4 is 5.32 Å². The monoisotopic (exact) mass is 264 g/mol. The number of pyridine rings is 2. The minimum absolute atomic E-state index is 0.0135. The molecule has 2 rings (SSSR count). The Kier molecular flexibility index (Phi) is 4.57. The van der Waals surface area contributed by atoms with Gasteiger partial charge in [-0.3, -0.25) is 14.8 Å². The van der Waals surface area contributed by atoms with Crippen molar-refractivity contribution in [2.75, 3.05) is 0 Å². The summed E-state index contributed by atoms with van der Waals surface area (Å²) < 4.78 is 0. The van der Waals surface area contributed by atoms with E-state index in [1.165, 1.54) is 6.08 Å². The molecule has 1 N–H and O–H groups in total. The molecule has 0 spiro atoms. The van der Waals surface area contributed by atoms with E-state index in [-0.39, 0.29) is 12.1 Å². The van der Waals surface area contributed by atoms with Crippen molar-refractivity contribution in [1.82, 2.24) is 15.3 Å². The number of rotatable bonds is 4. The van der Waals surface area contributed by atoms with Crippen LogP contribution >= 0.6 is 0 Å². The summed E-state index contributed by atoms with van der Waals surface area (Å²) in [5.41, 5.74) is 1.31. The first-order valence-electron chi connectivity index (χ1n) is 6.00. The maximum absolute atomic E-state index is 11.9. The molecule has 1 amide bonds. The minimum Gasteiger partial charge on any atom is -0.346 e. The predicted molar refractivity (Wildman–Crippen MR) is 73.9 cm³/mol. The van der Waals surface area contributed by atoms with Crippen molar-refractivity contribution >= 4 is 12.0 Å². The van der Waals surface area contributed by atoms with Crippen LogP contribution in [0.1, 0.15) is 11.4 Å². The Hall–Kier alpha value is -3.00. The Morgan fingerprint density at radius 1 is 1.20 bits per heavy atom. The smallest absolute Gasteiger partial charge is 0.262 e. The van der Waals surface area contributed by atoms with Gasteiger partial charge in [-0.1, -0.05) is 12.1 Å². The van der Waals surface area contributed by atoms with Gasteiger partial charge in [0.05, 0.1) is 17.9 Å². The Balaban J connectivity index is 2.03. The van der Waals surface area contributed by atoms with Crippen molar-refractivity contribution in [2.45, 2.75) is 6.54 Å². The molecule has 0 aliphatic carbocycles. The molecule has 0 aliphatic heterocycles. The number of carbonyl (C=O) groups excluding carboxylic acids is 1. The first-order valence-corrected chi connectivity index (χ1v) is 6.00. The second-order valence-corrected chi connectivity index (χ2v) is 3.93. The van der Waals surface area contributed by atoms with Gasteiger partial charge >= 0.3 is 0 Å². The maximum Gasteiger partial charge on any atom is 0.262 e. The molecule has 0 atom stereocenters. The van der Waals surface area contributed by atoms with E-state index in [0.717, 1.165) is 5.69 Å². The van der Waals surface area contributed by atoms with E-state index < -0.39 is 5.91 Å². The molecule has 0 aliphatic rings. The average molecular weight is 264 g/mol. The maximum atomic E-state index is 11.9. The lowest BCUT2D eigenvalue weighted by molar-refractivity contribution is -0.117. The van der Waals surface area contributed by atoms with E-state index >= 15 is 0 Å². The molecular formula is C15H12N4O. The standard InChI is InChI=1S/C15H12N4O/c16-10-12(9-13-5-1-3-7-17-13)15(20)19-11-14-6-2-4-8-18-14/h1-9H,11H2,(H,19,20). The van der Waals surface area contributed by atoms with Gasteiger partial charge < -0.3 is 5.32 Å². The summed E-state index contributed by atoms with van der Waals surface area (Å²) in [6, 6.07) is 12.6. The molecule has 0 radical (unpaired) electrons. The van der Waals surface area contributed by atoms with E-state index in [9.17, 15) is 4.79 Å². The third-order valence-corrected chi connectivity index (χ3v) is 2.50. The van der Waals surface area contributed by atoms with E-state index in [0.29, 0.717) is 5.69 Å². The van der Waals surface area contributed by atoms with Gasteiger partial charge in [0.1, 0.15) is 11.6 Å². The quantitative estimate of drug-likeness (QED) is 0.673. The first-order chi connectivity index (χ1) is 9.79. The van der Waals surface area contributed by atoms with Crippen LogP contribution in [-0.2, 0) is 11.3 Å². The van der Waals surface area contributed by atoms with E-state index in [4.69, 9.17) is 5.26 Å². The molecule has 2 aromatic heterocycles. The first kappa shape index (κ1) is 13.4. The van der Waals surface area contributed by atoms with Crippen LogP contribution in [0.2, 0.25) is 0 Å². The molecule has 0 saturated carbocycles. The van der Waals surface area contributed by atoms with Crippen molar-refractivity contribution in [3.8, 4) is 6.07 Å². The Bertz CT molecular complexity index is 645. The molecule has 0 unspecified atom stereocenters. The number of hydrogen-bond acceptors (Lipinski definition) is 4. The number of nitrogens with one attached hydrogen (secondary N) is 1. The van der Waals surface area contributed by atoms with E-state index in [1.54, 1.807) is 42.7 Å². The molecule has 0 fully saturated rings. The number of amides is 1. The second-order valence-electron chi connectivity index (χ2n) is 3.93. The molecule has 0 saturated heterocycles. The molecule has 5 heteroatoms. The Labute approximate surface area is 116 Å². The summed E-state index contributed by atoms with van der Waals surface area (Å²) in [5, 5.41) is 11.7. The van der Waals surface area contributed by atoms with Crippen LogP contribution in [0, 0.1) is 11.3 Å². The second kappa shape index (κ2) is 6.81. The zero-order valence-corrected chi connectivity index (χ0v) is 10.7. The summed E-state index contributed by atoms with van der Waals surface area (Å²) in [5.74, 6) is -0.441. The fraction of sp³-hybridized carbons (Fsp3) is 0.0667. The fourth-order valence-corrected chi connectivity index (χ4v) is 1.53. The van der Waals surface area contributed by atoms with Crippen LogP contribution in [0.3, 0.4) is 0 Å². The largest absolute Gasteiger partial charge is 0.346 e. The number of nitrogens with zero attached hydrogens (tertiary/aromatic N) is 3. The van der Waals surface area contributed by atoms with Crippen molar-refractivity contribution < 1.29 is 4.79 Å². The lowest BCUT2D eigenvalue weighted by atomic mass is 10.2. The number of carbonyl (C=O) groups is 1. The van der Waals surface area contributed by atoms with Gasteiger partial charge in [-0.2, -0.15) is 5.26 Å². The van der Waals surface area contributed by atoms with Gasteiger partial charge in [-0.15, -0.1) is 0 Å². The summed E-state index contributed by atoms with van der Waals surface area (Å²) in [6.07, 6.45) is 4.71. The fourth-order valence-electron chi connectivity index (χ4n) is 1.53. The number of nitriles is 1. The van der Waals surface area contributed by atoms with Gasteiger partial charge in [0.25, 0.3) is 5.91 Å². The predicted octanol–water partition coefficient (Wildman–Crippen LogP) is 1.70. The van der Waals surface area contributed by atoms with Gasteiger partial charge in [0.15, 0.2) is 0 Å². The van der Waals surface area contributed by atoms with Crippen LogP contribution in [0.25, 0.3) is 6.08 Å². The number of aromatic nitrogens is 2. The van der Waals surface area contributed by atoms with Gasteiger partial charge in [-0.25, -0.2) is 0 Å². The highest BCUT2D eigenvalue weighted by Crippen LogP contribution is 2.03. The summed E-state index contributed by atoms with van der Waals surface area (Å²) in [4.78, 5) is 20.0. The molecular weight excluding hydrogens is 252 g/mol. The van der Waals surface area contributed by atoms with Crippen LogP contribution in [0.5, 0.6) is 0 Å². The van der Waals surface area contributed by atoms with Crippen molar-refractivity contribution in [1.29, 1.82) is 5.26 Å². The van der Waals surface area contributed by atoms with E-state index in [1.807, 2.05) is 12.1 Å². The van der Waals surface area contributed by atoms with Crippen LogP contribution in [-0.4, -0.2) is 15.9 Å². The van der Waals surface area contributed by atoms with Crippen molar-refractivity contribution in [3.63, 3.8) is 0 Å². The topological polar surface area (TPSA) is 78.7 Å². The zero-order valence-electron chi connectivity index (χ0n) is 10.7. The highest BCUT2D eigenvalue weighted by Gasteiger charge is 2.09. The third kappa shape index (κ3) is 3.75. The molecule has 2 aromatic rings.